The number of hydrogen-bond donors (Lipinski definition) is 2. The molecule has 0 spiro atoms. The van der Waals surface area contributed by atoms with Gasteiger partial charge in [0.15, 0.2) is 0 Å². The Bertz CT molecular complexity index is 200. The fraction of sp³-hybridized carbons (Fsp3) is 0.667. The van der Waals surface area contributed by atoms with E-state index in [0.717, 1.165) is 5.57 Å². The Balaban J connectivity index is 0. The lowest BCUT2D eigenvalue weighted by Gasteiger charge is -2.24. The number of carbonyl (C=O) groups is 1. The van der Waals surface area contributed by atoms with Gasteiger partial charge in [-0.1, -0.05) is 6.08 Å². The van der Waals surface area contributed by atoms with Gasteiger partial charge in [-0.3, -0.25) is 4.79 Å². The maximum absolute atomic E-state index is 11.3. The summed E-state index contributed by atoms with van der Waals surface area (Å²) in [6, 6.07) is 0. The van der Waals surface area contributed by atoms with E-state index in [-0.39, 0.29) is 23.9 Å². The van der Waals surface area contributed by atoms with E-state index in [1.54, 1.807) is 13.0 Å². The molecule has 78 valence electrons. The Labute approximate surface area is 86.2 Å². The molecule has 0 atom stereocenters. The van der Waals surface area contributed by atoms with Crippen LogP contribution in [0.1, 0.15) is 27.7 Å². The molecule has 13 heavy (non-hydrogen) atoms. The van der Waals surface area contributed by atoms with Crippen LogP contribution < -0.4 is 11.1 Å². The number of carbonyl (C=O) groups excluding carboxylic acids is 1. The van der Waals surface area contributed by atoms with Gasteiger partial charge in [-0.2, -0.15) is 0 Å². The van der Waals surface area contributed by atoms with Gasteiger partial charge in [0.05, 0.1) is 0 Å². The monoisotopic (exact) mass is 206 g/mol. The fourth-order valence-corrected chi connectivity index (χ4v) is 0.588. The van der Waals surface area contributed by atoms with Crippen LogP contribution in [0.5, 0.6) is 0 Å². The van der Waals surface area contributed by atoms with E-state index < -0.39 is 0 Å². The van der Waals surface area contributed by atoms with Gasteiger partial charge in [-0.15, -0.1) is 12.4 Å². The molecule has 1 amide bonds. The van der Waals surface area contributed by atoms with E-state index in [1.165, 1.54) is 0 Å². The molecule has 0 bridgehead atoms. The molecule has 0 aromatic heterocycles. The lowest BCUT2D eigenvalue weighted by molar-refractivity contribution is -0.118. The minimum atomic E-state index is -0.318. The summed E-state index contributed by atoms with van der Waals surface area (Å²) < 4.78 is 0. The summed E-state index contributed by atoms with van der Waals surface area (Å²) >= 11 is 0. The first-order chi connectivity index (χ1) is 5.43. The molecule has 0 heterocycles. The third kappa shape index (κ3) is 5.66. The molecule has 0 saturated carbocycles. The molecular formula is C9H19ClN2O. The van der Waals surface area contributed by atoms with E-state index in [2.05, 4.69) is 5.32 Å². The Morgan fingerprint density at radius 3 is 2.31 bits per heavy atom. The van der Waals surface area contributed by atoms with Crippen molar-refractivity contribution in [1.82, 2.24) is 5.32 Å². The predicted molar refractivity (Wildman–Crippen MR) is 58.0 cm³/mol. The third-order valence-electron chi connectivity index (χ3n) is 1.75. The van der Waals surface area contributed by atoms with Crippen LogP contribution in [0.15, 0.2) is 11.6 Å². The Kier molecular flexibility index (Phi) is 6.90. The first kappa shape index (κ1) is 15.0. The Hall–Kier alpha value is -0.540. The van der Waals surface area contributed by atoms with Crippen molar-refractivity contribution in [2.24, 2.45) is 5.73 Å². The highest BCUT2D eigenvalue weighted by molar-refractivity contribution is 5.93. The van der Waals surface area contributed by atoms with Crippen LogP contribution in [0.2, 0.25) is 0 Å². The zero-order valence-corrected chi connectivity index (χ0v) is 9.49. The van der Waals surface area contributed by atoms with Crippen LogP contribution in [0.4, 0.5) is 0 Å². The highest BCUT2D eigenvalue weighted by Crippen LogP contribution is 2.01. The van der Waals surface area contributed by atoms with Crippen molar-refractivity contribution in [3.63, 3.8) is 0 Å². The van der Waals surface area contributed by atoms with Gasteiger partial charge >= 0.3 is 0 Å². The summed E-state index contributed by atoms with van der Waals surface area (Å²) in [4.78, 5) is 11.3. The molecule has 3 N–H and O–H groups in total. The number of allylic oxidation sites excluding steroid dienone is 1. The second kappa shape index (κ2) is 6.00. The van der Waals surface area contributed by atoms with Gasteiger partial charge < -0.3 is 11.1 Å². The summed E-state index contributed by atoms with van der Waals surface area (Å²) in [6.45, 7) is 7.85. The standard InChI is InChI=1S/C9H18N2O.ClH/c1-5-7(2)8(12)11-9(3,4)6-10;/h5H,6,10H2,1-4H3,(H,11,12);1H/b7-5-;. The molecule has 0 fully saturated rings. The summed E-state index contributed by atoms with van der Waals surface area (Å²) in [5.74, 6) is -0.0482. The Morgan fingerprint density at radius 2 is 2.00 bits per heavy atom. The highest BCUT2D eigenvalue weighted by Gasteiger charge is 2.18. The van der Waals surface area contributed by atoms with Crippen LogP contribution in [-0.4, -0.2) is 18.0 Å². The van der Waals surface area contributed by atoms with Crippen LogP contribution in [0, 0.1) is 0 Å². The molecule has 0 saturated heterocycles. The van der Waals surface area contributed by atoms with Crippen LogP contribution in [0.25, 0.3) is 0 Å². The Morgan fingerprint density at radius 1 is 1.54 bits per heavy atom. The van der Waals surface area contributed by atoms with Crippen LogP contribution in [-0.2, 0) is 4.79 Å². The third-order valence-corrected chi connectivity index (χ3v) is 1.75. The molecule has 4 heteroatoms. The van der Waals surface area contributed by atoms with E-state index in [0.29, 0.717) is 6.54 Å². The van der Waals surface area contributed by atoms with Crippen molar-refractivity contribution in [2.75, 3.05) is 6.54 Å². The zero-order valence-electron chi connectivity index (χ0n) is 8.68. The van der Waals surface area contributed by atoms with Gasteiger partial charge in [0.2, 0.25) is 5.91 Å². The highest BCUT2D eigenvalue weighted by atomic mass is 35.5. The molecule has 0 unspecified atom stereocenters. The van der Waals surface area contributed by atoms with Crippen molar-refractivity contribution in [3.05, 3.63) is 11.6 Å². The van der Waals surface area contributed by atoms with Gasteiger partial charge in [-0.25, -0.2) is 0 Å². The normalized spacial score (nSPS) is 11.9. The lowest BCUT2D eigenvalue weighted by atomic mass is 10.1. The largest absolute Gasteiger partial charge is 0.346 e. The molecule has 0 aliphatic rings. The number of halogens is 1. The molecule has 0 aliphatic heterocycles. The SMILES string of the molecule is C/C=C(/C)C(=O)NC(C)(C)CN.Cl. The number of nitrogens with two attached hydrogens (primary N) is 1. The van der Waals surface area contributed by atoms with E-state index in [9.17, 15) is 4.79 Å². The number of amides is 1. The van der Waals surface area contributed by atoms with Crippen molar-refractivity contribution in [3.8, 4) is 0 Å². The fourth-order valence-electron chi connectivity index (χ4n) is 0.588. The molecular weight excluding hydrogens is 188 g/mol. The molecule has 0 aromatic rings. The molecule has 0 radical (unpaired) electrons. The van der Waals surface area contributed by atoms with E-state index in [1.807, 2.05) is 20.8 Å². The average molecular weight is 207 g/mol. The van der Waals surface area contributed by atoms with Gasteiger partial charge in [-0.05, 0) is 27.7 Å². The van der Waals surface area contributed by atoms with Gasteiger partial charge in [0.25, 0.3) is 0 Å². The summed E-state index contributed by atoms with van der Waals surface area (Å²) in [5, 5.41) is 2.82. The molecule has 0 aliphatic carbocycles. The minimum absolute atomic E-state index is 0. The molecule has 3 nitrogen and oxygen atoms in total. The number of rotatable bonds is 3. The van der Waals surface area contributed by atoms with Crippen LogP contribution in [0.3, 0.4) is 0 Å². The summed E-state index contributed by atoms with van der Waals surface area (Å²) in [6.07, 6.45) is 1.78. The smallest absolute Gasteiger partial charge is 0.247 e. The van der Waals surface area contributed by atoms with E-state index >= 15 is 0 Å². The first-order valence-electron chi connectivity index (χ1n) is 4.08. The predicted octanol–water partition coefficient (Wildman–Crippen LogP) is 1.23. The minimum Gasteiger partial charge on any atom is -0.346 e. The first-order valence-corrected chi connectivity index (χ1v) is 4.08. The summed E-state index contributed by atoms with van der Waals surface area (Å²) in [5.41, 5.74) is 5.86. The molecule has 0 aromatic carbocycles. The number of nitrogens with one attached hydrogen (secondary N) is 1. The topological polar surface area (TPSA) is 55.1 Å². The second-order valence-corrected chi connectivity index (χ2v) is 3.51. The molecule has 0 rings (SSSR count). The maximum atomic E-state index is 11.3. The van der Waals surface area contributed by atoms with Gasteiger partial charge in [0.1, 0.15) is 0 Å². The quantitative estimate of drug-likeness (QED) is 0.683. The number of hydrogen-bond acceptors (Lipinski definition) is 2. The summed E-state index contributed by atoms with van der Waals surface area (Å²) in [7, 11) is 0. The van der Waals surface area contributed by atoms with Crippen molar-refractivity contribution in [1.29, 1.82) is 0 Å². The van der Waals surface area contributed by atoms with Crippen molar-refractivity contribution >= 4 is 18.3 Å². The van der Waals surface area contributed by atoms with Crippen molar-refractivity contribution in [2.45, 2.75) is 33.2 Å². The zero-order chi connectivity index (χ0) is 9.78. The average Bonchev–Trinajstić information content (AvgIpc) is 2.02. The van der Waals surface area contributed by atoms with Crippen LogP contribution >= 0.6 is 12.4 Å². The maximum Gasteiger partial charge on any atom is 0.247 e. The second-order valence-electron chi connectivity index (χ2n) is 3.51. The lowest BCUT2D eigenvalue weighted by Crippen LogP contribution is -2.49. The van der Waals surface area contributed by atoms with Gasteiger partial charge in [0, 0.05) is 17.7 Å². The van der Waals surface area contributed by atoms with Crippen molar-refractivity contribution < 1.29 is 4.79 Å². The van der Waals surface area contributed by atoms with E-state index in [4.69, 9.17) is 5.73 Å².